The third kappa shape index (κ3) is 6.17. The van der Waals surface area contributed by atoms with Gasteiger partial charge >= 0.3 is 0 Å². The summed E-state index contributed by atoms with van der Waals surface area (Å²) in [5.41, 5.74) is 2.90. The van der Waals surface area contributed by atoms with E-state index in [-0.39, 0.29) is 24.0 Å². The molecule has 144 valence electrons. The van der Waals surface area contributed by atoms with Crippen molar-refractivity contribution >= 4 is 46.3 Å². The quantitative estimate of drug-likeness (QED) is 0.557. The number of hydrogen-bond donors (Lipinski definition) is 2. The monoisotopic (exact) mass is 415 g/mol. The molecule has 0 aliphatic carbocycles. The molecule has 1 heterocycles. The van der Waals surface area contributed by atoms with Crippen LogP contribution in [0.1, 0.15) is 11.3 Å². The predicted molar refractivity (Wildman–Crippen MR) is 111 cm³/mol. The summed E-state index contributed by atoms with van der Waals surface area (Å²) in [6.45, 7) is 1.99. The number of benzene rings is 2. The number of aromatic nitrogens is 1. The molecule has 8 heteroatoms. The first kappa shape index (κ1) is 20.0. The van der Waals surface area contributed by atoms with Crippen LogP contribution >= 0.6 is 23.1 Å². The van der Waals surface area contributed by atoms with Crippen LogP contribution < -0.4 is 10.6 Å². The van der Waals surface area contributed by atoms with Gasteiger partial charge in [-0.3, -0.25) is 9.59 Å². The lowest BCUT2D eigenvalue weighted by atomic mass is 10.2. The van der Waals surface area contributed by atoms with Crippen molar-refractivity contribution < 1.29 is 14.0 Å². The molecule has 2 N–H and O–H groups in total. The second-order valence-corrected chi connectivity index (χ2v) is 8.12. The largest absolute Gasteiger partial charge is 0.326 e. The van der Waals surface area contributed by atoms with Crippen molar-refractivity contribution in [3.8, 4) is 0 Å². The number of rotatable bonds is 7. The number of thiazole rings is 1. The summed E-state index contributed by atoms with van der Waals surface area (Å²) in [7, 11) is 0. The van der Waals surface area contributed by atoms with Gasteiger partial charge in [0.15, 0.2) is 4.34 Å². The average Bonchev–Trinajstić information content (AvgIpc) is 3.09. The summed E-state index contributed by atoms with van der Waals surface area (Å²) >= 11 is 2.70. The number of carbonyl (C=O) groups is 2. The highest BCUT2D eigenvalue weighted by atomic mass is 32.2. The maximum atomic E-state index is 13.2. The van der Waals surface area contributed by atoms with Crippen molar-refractivity contribution in [1.82, 2.24) is 4.98 Å². The first-order valence-corrected chi connectivity index (χ1v) is 10.3. The normalized spacial score (nSPS) is 10.5. The third-order valence-electron chi connectivity index (χ3n) is 3.64. The van der Waals surface area contributed by atoms with E-state index >= 15 is 0 Å². The molecule has 0 spiro atoms. The number of amides is 2. The first-order valence-electron chi connectivity index (χ1n) is 8.47. The van der Waals surface area contributed by atoms with Crippen LogP contribution in [0.3, 0.4) is 0 Å². The van der Waals surface area contributed by atoms with E-state index in [0.717, 1.165) is 11.3 Å². The van der Waals surface area contributed by atoms with E-state index in [9.17, 15) is 14.0 Å². The van der Waals surface area contributed by atoms with E-state index in [1.807, 2.05) is 31.2 Å². The Morgan fingerprint density at radius 1 is 1.07 bits per heavy atom. The van der Waals surface area contributed by atoms with E-state index < -0.39 is 5.82 Å². The predicted octanol–water partition coefficient (Wildman–Crippen LogP) is 4.50. The summed E-state index contributed by atoms with van der Waals surface area (Å²) in [6.07, 6.45) is 0.0864. The Morgan fingerprint density at radius 3 is 2.57 bits per heavy atom. The van der Waals surface area contributed by atoms with Crippen LogP contribution in [0.2, 0.25) is 0 Å². The average molecular weight is 416 g/mol. The van der Waals surface area contributed by atoms with Crippen LogP contribution in [-0.2, 0) is 16.0 Å². The Bertz CT molecular complexity index is 974. The van der Waals surface area contributed by atoms with Gasteiger partial charge in [0.25, 0.3) is 0 Å². The highest BCUT2D eigenvalue weighted by molar-refractivity contribution is 8.01. The Morgan fingerprint density at radius 2 is 1.82 bits per heavy atom. The molecule has 2 aromatic carbocycles. The Kier molecular flexibility index (Phi) is 6.78. The summed E-state index contributed by atoms with van der Waals surface area (Å²) in [4.78, 5) is 28.5. The van der Waals surface area contributed by atoms with E-state index in [1.54, 1.807) is 11.4 Å². The van der Waals surface area contributed by atoms with Gasteiger partial charge in [0.1, 0.15) is 5.82 Å². The Balaban J connectivity index is 1.46. The molecule has 0 saturated carbocycles. The zero-order valence-corrected chi connectivity index (χ0v) is 16.7. The highest BCUT2D eigenvalue weighted by Crippen LogP contribution is 2.23. The number of aryl methyl sites for hydroxylation is 1. The minimum Gasteiger partial charge on any atom is -0.326 e. The van der Waals surface area contributed by atoms with Gasteiger partial charge in [0, 0.05) is 16.8 Å². The summed E-state index contributed by atoms with van der Waals surface area (Å²) in [5, 5.41) is 7.25. The summed E-state index contributed by atoms with van der Waals surface area (Å²) < 4.78 is 13.9. The van der Waals surface area contributed by atoms with Crippen molar-refractivity contribution in [2.45, 2.75) is 17.7 Å². The standard InChI is InChI=1S/C20H18FN3O2S2/c1-13-5-7-15(8-6-13)22-19(26)12-28-20-24-17(11-27-20)10-18(25)23-16-4-2-3-14(21)9-16/h2-9,11H,10,12H2,1H3,(H,22,26)(H,23,25). The maximum Gasteiger partial charge on any atom is 0.234 e. The molecular formula is C20H18FN3O2S2. The van der Waals surface area contributed by atoms with Crippen LogP contribution in [0.15, 0.2) is 58.3 Å². The van der Waals surface area contributed by atoms with Crippen molar-refractivity contribution in [3.05, 3.63) is 71.0 Å². The van der Waals surface area contributed by atoms with Gasteiger partial charge < -0.3 is 10.6 Å². The fourth-order valence-corrected chi connectivity index (χ4v) is 3.98. The van der Waals surface area contributed by atoms with Crippen LogP contribution in [0.4, 0.5) is 15.8 Å². The molecule has 28 heavy (non-hydrogen) atoms. The van der Waals surface area contributed by atoms with Crippen molar-refractivity contribution in [3.63, 3.8) is 0 Å². The smallest absolute Gasteiger partial charge is 0.234 e. The minimum atomic E-state index is -0.408. The molecule has 0 unspecified atom stereocenters. The zero-order valence-electron chi connectivity index (χ0n) is 15.1. The van der Waals surface area contributed by atoms with E-state index in [2.05, 4.69) is 15.6 Å². The molecule has 2 amide bonds. The van der Waals surface area contributed by atoms with E-state index in [1.165, 1.54) is 41.3 Å². The molecule has 3 aromatic rings. The van der Waals surface area contributed by atoms with Crippen molar-refractivity contribution in [1.29, 1.82) is 0 Å². The number of thioether (sulfide) groups is 1. The molecule has 0 saturated heterocycles. The Labute approximate surface area is 170 Å². The molecule has 0 radical (unpaired) electrons. The summed E-state index contributed by atoms with van der Waals surface area (Å²) in [5.74, 6) is -0.566. The number of nitrogens with one attached hydrogen (secondary N) is 2. The molecule has 0 aliphatic heterocycles. The van der Waals surface area contributed by atoms with Crippen LogP contribution in [0.5, 0.6) is 0 Å². The molecule has 1 aromatic heterocycles. The fourth-order valence-electron chi connectivity index (χ4n) is 2.33. The molecular weight excluding hydrogens is 397 g/mol. The number of halogens is 1. The lowest BCUT2D eigenvalue weighted by Crippen LogP contribution is -2.15. The van der Waals surface area contributed by atoms with Crippen LogP contribution in [0.25, 0.3) is 0 Å². The number of carbonyl (C=O) groups excluding carboxylic acids is 2. The topological polar surface area (TPSA) is 71.1 Å². The van der Waals surface area contributed by atoms with Crippen LogP contribution in [0, 0.1) is 12.7 Å². The number of nitrogens with zero attached hydrogens (tertiary/aromatic N) is 1. The Hall–Kier alpha value is -2.71. The molecule has 5 nitrogen and oxygen atoms in total. The lowest BCUT2D eigenvalue weighted by Gasteiger charge is -2.04. The van der Waals surface area contributed by atoms with E-state index in [0.29, 0.717) is 15.7 Å². The van der Waals surface area contributed by atoms with Crippen molar-refractivity contribution in [2.24, 2.45) is 0 Å². The zero-order chi connectivity index (χ0) is 19.9. The highest BCUT2D eigenvalue weighted by Gasteiger charge is 2.11. The van der Waals surface area contributed by atoms with Gasteiger partial charge in [-0.25, -0.2) is 9.37 Å². The van der Waals surface area contributed by atoms with Gasteiger partial charge in [0.05, 0.1) is 17.9 Å². The van der Waals surface area contributed by atoms with E-state index in [4.69, 9.17) is 0 Å². The molecule has 0 fully saturated rings. The molecule has 0 atom stereocenters. The number of hydrogen-bond acceptors (Lipinski definition) is 5. The van der Waals surface area contributed by atoms with Crippen molar-refractivity contribution in [2.75, 3.05) is 16.4 Å². The lowest BCUT2D eigenvalue weighted by molar-refractivity contribution is -0.116. The second-order valence-electron chi connectivity index (χ2n) is 6.04. The number of anilines is 2. The third-order valence-corrected chi connectivity index (χ3v) is 5.71. The van der Waals surface area contributed by atoms with Gasteiger partial charge in [-0.05, 0) is 37.3 Å². The molecule has 3 rings (SSSR count). The van der Waals surface area contributed by atoms with Gasteiger partial charge in [-0.2, -0.15) is 0 Å². The van der Waals surface area contributed by atoms with Crippen LogP contribution in [-0.4, -0.2) is 22.6 Å². The first-order chi connectivity index (χ1) is 13.5. The van der Waals surface area contributed by atoms with Gasteiger partial charge in [0.2, 0.25) is 11.8 Å². The maximum absolute atomic E-state index is 13.2. The molecule has 0 aliphatic rings. The fraction of sp³-hybridized carbons (Fsp3) is 0.150. The van der Waals surface area contributed by atoms with Gasteiger partial charge in [-0.1, -0.05) is 35.5 Å². The second kappa shape index (κ2) is 9.48. The molecule has 0 bridgehead atoms. The summed E-state index contributed by atoms with van der Waals surface area (Å²) in [6, 6.07) is 13.3. The van der Waals surface area contributed by atoms with Gasteiger partial charge in [-0.15, -0.1) is 11.3 Å². The minimum absolute atomic E-state index is 0.0864. The SMILES string of the molecule is Cc1ccc(NC(=O)CSc2nc(CC(=O)Nc3cccc(F)c3)cs2)cc1.